The lowest BCUT2D eigenvalue weighted by Crippen LogP contribution is -2.24. The van der Waals surface area contributed by atoms with Gasteiger partial charge in [0.05, 0.1) is 10.3 Å². The van der Waals surface area contributed by atoms with Crippen LogP contribution in [0, 0.1) is 0 Å². The van der Waals surface area contributed by atoms with Crippen LogP contribution in [0.25, 0.3) is 0 Å². The van der Waals surface area contributed by atoms with Crippen molar-refractivity contribution in [1.82, 2.24) is 4.90 Å². The Kier molecular flexibility index (Phi) is 4.78. The molecule has 0 aliphatic rings. The van der Waals surface area contributed by atoms with E-state index in [-0.39, 0.29) is 0 Å². The van der Waals surface area contributed by atoms with Crippen molar-refractivity contribution >= 4 is 33.0 Å². The molecule has 0 atom stereocenters. The van der Waals surface area contributed by atoms with Gasteiger partial charge in [-0.05, 0) is 40.0 Å². The second-order valence-electron chi connectivity index (χ2n) is 3.32. The number of nitrogens with zero attached hydrogens (tertiary/aromatic N) is 1. The van der Waals surface area contributed by atoms with Crippen LogP contribution < -0.4 is 0 Å². The van der Waals surface area contributed by atoms with E-state index in [0.717, 1.165) is 10.3 Å². The Bertz CT molecular complexity index is 311. The van der Waals surface area contributed by atoms with Crippen molar-refractivity contribution in [3.8, 4) is 0 Å². The monoisotopic (exact) mass is 275 g/mol. The number of carbonyl (C=O) groups excluding carboxylic acids is 1. The van der Waals surface area contributed by atoms with Crippen LogP contribution >= 0.6 is 27.3 Å². The molecule has 0 saturated carbocycles. The number of carbonyl (C=O) groups is 1. The van der Waals surface area contributed by atoms with Gasteiger partial charge in [0.15, 0.2) is 0 Å². The average molecular weight is 276 g/mol. The molecule has 0 saturated heterocycles. The van der Waals surface area contributed by atoms with Gasteiger partial charge in [-0.2, -0.15) is 0 Å². The number of likely N-dealkylation sites (N-methyl/N-ethyl adjacent to an activating group) is 1. The van der Waals surface area contributed by atoms with Crippen molar-refractivity contribution < 1.29 is 4.79 Å². The molecule has 0 N–H and O–H groups in total. The van der Waals surface area contributed by atoms with Gasteiger partial charge in [0.1, 0.15) is 5.78 Å². The highest BCUT2D eigenvalue weighted by atomic mass is 79.9. The van der Waals surface area contributed by atoms with Crippen molar-refractivity contribution in [3.63, 3.8) is 0 Å². The fourth-order valence-electron chi connectivity index (χ4n) is 1.21. The summed E-state index contributed by atoms with van der Waals surface area (Å²) in [5, 5.41) is 2.11. The van der Waals surface area contributed by atoms with Crippen molar-refractivity contribution in [2.75, 3.05) is 13.6 Å². The van der Waals surface area contributed by atoms with Crippen LogP contribution in [0.15, 0.2) is 15.2 Å². The summed E-state index contributed by atoms with van der Waals surface area (Å²) in [6.45, 7) is 3.29. The topological polar surface area (TPSA) is 20.3 Å². The molecule has 0 fully saturated rings. The summed E-state index contributed by atoms with van der Waals surface area (Å²) < 4.78 is 1.14. The predicted octanol–water partition coefficient (Wildman–Crippen LogP) is 2.92. The van der Waals surface area contributed by atoms with E-state index in [1.807, 2.05) is 18.9 Å². The highest BCUT2D eigenvalue weighted by Gasteiger charge is 2.06. The first-order valence-electron chi connectivity index (χ1n) is 4.55. The van der Waals surface area contributed by atoms with Gasteiger partial charge in [-0.15, -0.1) is 11.3 Å². The van der Waals surface area contributed by atoms with E-state index in [1.54, 1.807) is 11.3 Å². The van der Waals surface area contributed by atoms with Crippen LogP contribution in [0.2, 0.25) is 0 Å². The van der Waals surface area contributed by atoms with Crippen LogP contribution in [-0.2, 0) is 11.3 Å². The number of hydrogen-bond donors (Lipinski definition) is 0. The minimum Gasteiger partial charge on any atom is -0.298 e. The highest BCUT2D eigenvalue weighted by Crippen LogP contribution is 2.21. The summed E-state index contributed by atoms with van der Waals surface area (Å²) in [5.41, 5.74) is 1.26. The first kappa shape index (κ1) is 11.9. The molecule has 0 aliphatic heterocycles. The molecule has 0 spiro atoms. The van der Waals surface area contributed by atoms with E-state index in [9.17, 15) is 4.79 Å². The van der Waals surface area contributed by atoms with Gasteiger partial charge in [0.2, 0.25) is 0 Å². The van der Waals surface area contributed by atoms with Gasteiger partial charge < -0.3 is 0 Å². The molecule has 0 aromatic carbocycles. The van der Waals surface area contributed by atoms with Crippen LogP contribution in [0.1, 0.15) is 18.9 Å². The summed E-state index contributed by atoms with van der Waals surface area (Å²) >= 11 is 5.10. The first-order valence-corrected chi connectivity index (χ1v) is 6.22. The minimum atomic E-state index is 0.293. The fourth-order valence-corrected chi connectivity index (χ4v) is 2.41. The number of thiophene rings is 1. The Labute approximate surface area is 97.1 Å². The Morgan fingerprint density at radius 1 is 1.64 bits per heavy atom. The van der Waals surface area contributed by atoms with Crippen molar-refractivity contribution in [3.05, 3.63) is 20.8 Å². The summed E-state index contributed by atoms with van der Waals surface area (Å²) in [7, 11) is 1.97. The molecule has 2 nitrogen and oxygen atoms in total. The molecule has 0 aliphatic carbocycles. The van der Waals surface area contributed by atoms with Gasteiger partial charge in [-0.25, -0.2) is 0 Å². The lowest BCUT2D eigenvalue weighted by Gasteiger charge is -2.13. The number of halogens is 1. The molecule has 14 heavy (non-hydrogen) atoms. The SMILES string of the molecule is CCC(=O)CN(C)Cc1csc(Br)c1. The molecule has 4 heteroatoms. The molecule has 78 valence electrons. The smallest absolute Gasteiger partial charge is 0.146 e. The summed E-state index contributed by atoms with van der Waals surface area (Å²) in [5.74, 6) is 0.293. The standard InChI is InChI=1S/C10H14BrNOS/c1-3-9(13)6-12(2)5-8-4-10(11)14-7-8/h4,7H,3,5-6H2,1-2H3. The van der Waals surface area contributed by atoms with Gasteiger partial charge in [0.25, 0.3) is 0 Å². The van der Waals surface area contributed by atoms with E-state index in [2.05, 4.69) is 27.4 Å². The molecule has 0 radical (unpaired) electrons. The molecule has 0 unspecified atom stereocenters. The van der Waals surface area contributed by atoms with Gasteiger partial charge in [-0.3, -0.25) is 9.69 Å². The maximum Gasteiger partial charge on any atom is 0.146 e. The second-order valence-corrected chi connectivity index (χ2v) is 5.61. The van der Waals surface area contributed by atoms with Crippen LogP contribution in [0.5, 0.6) is 0 Å². The van der Waals surface area contributed by atoms with Gasteiger partial charge in [0, 0.05) is 13.0 Å². The summed E-state index contributed by atoms with van der Waals surface area (Å²) in [4.78, 5) is 13.2. The molecule has 0 amide bonds. The highest BCUT2D eigenvalue weighted by molar-refractivity contribution is 9.11. The molecular formula is C10H14BrNOS. The van der Waals surface area contributed by atoms with Crippen molar-refractivity contribution in [2.24, 2.45) is 0 Å². The van der Waals surface area contributed by atoms with E-state index < -0.39 is 0 Å². The lowest BCUT2D eigenvalue weighted by atomic mass is 10.2. The summed E-state index contributed by atoms with van der Waals surface area (Å²) in [6.07, 6.45) is 0.623. The Morgan fingerprint density at radius 2 is 2.36 bits per heavy atom. The number of ketones is 1. The molecule has 1 heterocycles. The first-order chi connectivity index (χ1) is 6.61. The predicted molar refractivity (Wildman–Crippen MR) is 63.7 cm³/mol. The van der Waals surface area contributed by atoms with E-state index in [0.29, 0.717) is 18.7 Å². The third-order valence-corrected chi connectivity index (χ3v) is 3.47. The maximum atomic E-state index is 11.2. The van der Waals surface area contributed by atoms with E-state index in [1.165, 1.54) is 5.56 Å². The third kappa shape index (κ3) is 3.90. The normalized spacial score (nSPS) is 10.9. The van der Waals surface area contributed by atoms with Crippen LogP contribution in [-0.4, -0.2) is 24.3 Å². The van der Waals surface area contributed by atoms with Gasteiger partial charge in [-0.1, -0.05) is 6.92 Å². The Hall–Kier alpha value is -0.190. The Balaban J connectivity index is 2.41. The molecule has 1 aromatic rings. The quantitative estimate of drug-likeness (QED) is 0.824. The lowest BCUT2D eigenvalue weighted by molar-refractivity contribution is -0.119. The van der Waals surface area contributed by atoms with E-state index in [4.69, 9.17) is 0 Å². The average Bonchev–Trinajstić information content (AvgIpc) is 2.50. The molecular weight excluding hydrogens is 262 g/mol. The summed E-state index contributed by atoms with van der Waals surface area (Å²) in [6, 6.07) is 2.09. The van der Waals surface area contributed by atoms with Gasteiger partial charge >= 0.3 is 0 Å². The van der Waals surface area contributed by atoms with E-state index >= 15 is 0 Å². The van der Waals surface area contributed by atoms with Crippen LogP contribution in [0.4, 0.5) is 0 Å². The molecule has 1 aromatic heterocycles. The minimum absolute atomic E-state index is 0.293. The zero-order valence-corrected chi connectivity index (χ0v) is 10.8. The third-order valence-electron chi connectivity index (χ3n) is 1.91. The zero-order chi connectivity index (χ0) is 10.6. The number of rotatable bonds is 5. The largest absolute Gasteiger partial charge is 0.298 e. The van der Waals surface area contributed by atoms with Crippen LogP contribution in [0.3, 0.4) is 0 Å². The zero-order valence-electron chi connectivity index (χ0n) is 8.42. The number of hydrogen-bond acceptors (Lipinski definition) is 3. The number of Topliss-reactive ketones (excluding diaryl/α,β-unsaturated/α-hetero) is 1. The fraction of sp³-hybridized carbons (Fsp3) is 0.500. The van der Waals surface area contributed by atoms with Crippen molar-refractivity contribution in [2.45, 2.75) is 19.9 Å². The molecule has 1 rings (SSSR count). The van der Waals surface area contributed by atoms with Crippen molar-refractivity contribution in [1.29, 1.82) is 0 Å². The maximum absolute atomic E-state index is 11.2. The second kappa shape index (κ2) is 5.63. The molecule has 0 bridgehead atoms. The Morgan fingerprint density at radius 3 is 2.86 bits per heavy atom.